The van der Waals surface area contributed by atoms with Gasteiger partial charge in [-0.1, -0.05) is 6.07 Å². The molecule has 2 N–H and O–H groups in total. The van der Waals surface area contributed by atoms with E-state index in [2.05, 4.69) is 15.6 Å². The molecule has 144 valence electrons. The number of aliphatic imine (C=N–C) groups is 1. The van der Waals surface area contributed by atoms with E-state index in [-0.39, 0.29) is 11.9 Å². The van der Waals surface area contributed by atoms with Crippen LogP contribution in [-0.2, 0) is 0 Å². The number of anilines is 1. The molecule has 0 amide bonds. The van der Waals surface area contributed by atoms with E-state index < -0.39 is 0 Å². The van der Waals surface area contributed by atoms with E-state index in [0.29, 0.717) is 31.5 Å². The number of guanidine groups is 1. The summed E-state index contributed by atoms with van der Waals surface area (Å²) >= 11 is 0. The van der Waals surface area contributed by atoms with Crippen molar-refractivity contribution >= 4 is 11.6 Å². The van der Waals surface area contributed by atoms with Crippen LogP contribution in [0.4, 0.5) is 10.1 Å². The summed E-state index contributed by atoms with van der Waals surface area (Å²) in [6.07, 6.45) is 0.693. The van der Waals surface area contributed by atoms with Crippen LogP contribution in [0.25, 0.3) is 0 Å². The van der Waals surface area contributed by atoms with E-state index in [9.17, 15) is 4.39 Å². The summed E-state index contributed by atoms with van der Waals surface area (Å²) < 4.78 is 30.3. The molecule has 6 nitrogen and oxygen atoms in total. The van der Waals surface area contributed by atoms with Crippen LogP contribution in [0.5, 0.6) is 17.2 Å². The molecule has 7 heteroatoms. The molecule has 2 aromatic carbocycles. The van der Waals surface area contributed by atoms with Gasteiger partial charge in [0.25, 0.3) is 0 Å². The van der Waals surface area contributed by atoms with Crippen molar-refractivity contribution < 1.29 is 18.6 Å². The van der Waals surface area contributed by atoms with Crippen LogP contribution in [-0.4, -0.2) is 38.9 Å². The van der Waals surface area contributed by atoms with Gasteiger partial charge in [0.1, 0.15) is 17.7 Å². The van der Waals surface area contributed by atoms with Crippen LogP contribution in [0.15, 0.2) is 47.5 Å². The molecule has 1 atom stereocenters. The largest absolute Gasteiger partial charge is 0.490 e. The first kappa shape index (κ1) is 18.8. The molecule has 3 rings (SSSR count). The lowest BCUT2D eigenvalue weighted by Crippen LogP contribution is -2.37. The standard InChI is InChI=1S/C20H24FN3O3/c1-14(27-17-6-3-5-15(21)11-17)13-23-20(22-2)24-16-7-8-18-19(12-16)26-10-4-9-25-18/h3,5-8,11-12,14H,4,9-10,13H2,1-2H3,(H2,22,23,24). The van der Waals surface area contributed by atoms with Crippen molar-refractivity contribution in [2.24, 2.45) is 4.99 Å². The third-order valence-electron chi connectivity index (χ3n) is 3.92. The molecule has 0 aliphatic carbocycles. The molecule has 0 aromatic heterocycles. The summed E-state index contributed by atoms with van der Waals surface area (Å²) in [5.74, 6) is 2.24. The van der Waals surface area contributed by atoms with E-state index in [1.54, 1.807) is 19.2 Å². The topological polar surface area (TPSA) is 64.1 Å². The Balaban J connectivity index is 1.54. The molecule has 0 bridgehead atoms. The maximum absolute atomic E-state index is 13.2. The highest BCUT2D eigenvalue weighted by Gasteiger charge is 2.12. The van der Waals surface area contributed by atoms with Gasteiger partial charge in [-0.3, -0.25) is 4.99 Å². The lowest BCUT2D eigenvalue weighted by molar-refractivity contribution is 0.223. The van der Waals surface area contributed by atoms with Gasteiger partial charge in [0.2, 0.25) is 0 Å². The van der Waals surface area contributed by atoms with Crippen molar-refractivity contribution in [3.8, 4) is 17.2 Å². The van der Waals surface area contributed by atoms with E-state index >= 15 is 0 Å². The molecule has 1 aliphatic rings. The Bertz CT molecular complexity index is 798. The predicted octanol–water partition coefficient (Wildman–Crippen LogP) is 3.44. The smallest absolute Gasteiger partial charge is 0.195 e. The normalized spacial score (nSPS) is 14.9. The zero-order valence-corrected chi connectivity index (χ0v) is 15.5. The van der Waals surface area contributed by atoms with Crippen molar-refractivity contribution in [2.45, 2.75) is 19.4 Å². The lowest BCUT2D eigenvalue weighted by Gasteiger charge is -2.18. The van der Waals surface area contributed by atoms with Gasteiger partial charge in [-0.05, 0) is 31.2 Å². The fraction of sp³-hybridized carbons (Fsp3) is 0.350. The predicted molar refractivity (Wildman–Crippen MR) is 104 cm³/mol. The highest BCUT2D eigenvalue weighted by atomic mass is 19.1. The minimum atomic E-state index is -0.320. The highest BCUT2D eigenvalue weighted by Crippen LogP contribution is 2.32. The number of halogens is 1. The van der Waals surface area contributed by atoms with Crippen LogP contribution in [0.3, 0.4) is 0 Å². The number of fused-ring (bicyclic) bond motifs is 1. The molecular formula is C20H24FN3O3. The fourth-order valence-electron chi connectivity index (χ4n) is 2.61. The summed E-state index contributed by atoms with van der Waals surface area (Å²) in [6, 6.07) is 11.8. The molecular weight excluding hydrogens is 349 g/mol. The zero-order chi connectivity index (χ0) is 19.1. The van der Waals surface area contributed by atoms with E-state index in [1.807, 2.05) is 25.1 Å². The number of nitrogens with zero attached hydrogens (tertiary/aromatic N) is 1. The number of hydrogen-bond donors (Lipinski definition) is 2. The molecule has 27 heavy (non-hydrogen) atoms. The van der Waals surface area contributed by atoms with Gasteiger partial charge in [0, 0.05) is 31.3 Å². The number of ether oxygens (including phenoxy) is 3. The molecule has 0 saturated carbocycles. The summed E-state index contributed by atoms with van der Waals surface area (Å²) in [5.41, 5.74) is 0.839. The second-order valence-electron chi connectivity index (χ2n) is 6.18. The SMILES string of the molecule is CN=C(NCC(C)Oc1cccc(F)c1)Nc1ccc2c(c1)OCCCO2. The van der Waals surface area contributed by atoms with E-state index in [0.717, 1.165) is 23.6 Å². The Morgan fingerprint density at radius 2 is 2.00 bits per heavy atom. The lowest BCUT2D eigenvalue weighted by atomic mass is 10.2. The third kappa shape index (κ3) is 5.51. The van der Waals surface area contributed by atoms with Gasteiger partial charge in [0.05, 0.1) is 19.8 Å². The van der Waals surface area contributed by atoms with E-state index in [4.69, 9.17) is 14.2 Å². The van der Waals surface area contributed by atoms with Crippen LogP contribution in [0, 0.1) is 5.82 Å². The third-order valence-corrected chi connectivity index (χ3v) is 3.92. The number of rotatable bonds is 5. The van der Waals surface area contributed by atoms with Crippen molar-refractivity contribution in [3.63, 3.8) is 0 Å². The summed E-state index contributed by atoms with van der Waals surface area (Å²) in [4.78, 5) is 4.21. The van der Waals surface area contributed by atoms with Gasteiger partial charge in [0.15, 0.2) is 17.5 Å². The molecule has 1 heterocycles. The van der Waals surface area contributed by atoms with Crippen molar-refractivity contribution in [1.82, 2.24) is 5.32 Å². The van der Waals surface area contributed by atoms with Gasteiger partial charge in [-0.2, -0.15) is 0 Å². The van der Waals surface area contributed by atoms with Gasteiger partial charge in [-0.25, -0.2) is 4.39 Å². The van der Waals surface area contributed by atoms with Gasteiger partial charge in [-0.15, -0.1) is 0 Å². The second kappa shape index (κ2) is 9.12. The molecule has 0 fully saturated rings. The summed E-state index contributed by atoms with van der Waals surface area (Å²) in [7, 11) is 1.69. The minimum absolute atomic E-state index is 0.172. The monoisotopic (exact) mass is 373 g/mol. The molecule has 0 saturated heterocycles. The van der Waals surface area contributed by atoms with Crippen LogP contribution < -0.4 is 24.8 Å². The molecule has 1 aliphatic heterocycles. The Hall–Kier alpha value is -2.96. The first-order valence-corrected chi connectivity index (χ1v) is 8.93. The summed E-state index contributed by atoms with van der Waals surface area (Å²) in [5, 5.41) is 6.41. The Morgan fingerprint density at radius 1 is 1.19 bits per heavy atom. The maximum Gasteiger partial charge on any atom is 0.195 e. The van der Waals surface area contributed by atoms with Crippen molar-refractivity contribution in [2.75, 3.05) is 32.1 Å². The fourth-order valence-corrected chi connectivity index (χ4v) is 2.61. The van der Waals surface area contributed by atoms with Crippen LogP contribution in [0.2, 0.25) is 0 Å². The Labute approximate surface area is 158 Å². The quantitative estimate of drug-likeness (QED) is 0.621. The van der Waals surface area contributed by atoms with Crippen LogP contribution >= 0.6 is 0 Å². The minimum Gasteiger partial charge on any atom is -0.490 e. The molecule has 2 aromatic rings. The Kier molecular flexibility index (Phi) is 6.35. The first-order chi connectivity index (χ1) is 13.1. The number of hydrogen-bond acceptors (Lipinski definition) is 4. The van der Waals surface area contributed by atoms with Gasteiger partial charge >= 0.3 is 0 Å². The average Bonchev–Trinajstić information content (AvgIpc) is 2.90. The molecule has 1 unspecified atom stereocenters. The first-order valence-electron chi connectivity index (χ1n) is 8.93. The molecule has 0 radical (unpaired) electrons. The zero-order valence-electron chi connectivity index (χ0n) is 15.5. The number of nitrogens with one attached hydrogen (secondary N) is 2. The van der Waals surface area contributed by atoms with Crippen LogP contribution in [0.1, 0.15) is 13.3 Å². The average molecular weight is 373 g/mol. The van der Waals surface area contributed by atoms with Crippen molar-refractivity contribution in [3.05, 3.63) is 48.3 Å². The molecule has 0 spiro atoms. The second-order valence-corrected chi connectivity index (χ2v) is 6.18. The highest BCUT2D eigenvalue weighted by molar-refractivity contribution is 5.93. The maximum atomic E-state index is 13.2. The van der Waals surface area contributed by atoms with E-state index in [1.165, 1.54) is 12.1 Å². The van der Waals surface area contributed by atoms with Crippen molar-refractivity contribution in [1.29, 1.82) is 0 Å². The Morgan fingerprint density at radius 3 is 2.78 bits per heavy atom. The number of benzene rings is 2. The summed E-state index contributed by atoms with van der Waals surface area (Å²) in [6.45, 7) is 3.70. The van der Waals surface area contributed by atoms with Gasteiger partial charge < -0.3 is 24.8 Å².